The van der Waals surface area contributed by atoms with Crippen LogP contribution in [0.3, 0.4) is 0 Å². The molecule has 0 aliphatic rings. The van der Waals surface area contributed by atoms with E-state index >= 15 is 0 Å². The zero-order chi connectivity index (χ0) is 44.4. The second-order valence-corrected chi connectivity index (χ2v) is 18.6. The first-order chi connectivity index (χ1) is 30.4. The first-order valence-electron chi connectivity index (χ1n) is 25.7. The molecule has 0 heteroatoms. The van der Waals surface area contributed by atoms with Gasteiger partial charge in [0.2, 0.25) is 0 Å². The molecule has 0 saturated carbocycles. The van der Waals surface area contributed by atoms with Crippen molar-refractivity contribution in [3.8, 4) is 11.8 Å². The second kappa shape index (κ2) is 29.3. The van der Waals surface area contributed by atoms with Crippen molar-refractivity contribution in [1.29, 1.82) is 0 Å². The molecule has 62 heavy (non-hydrogen) atoms. The lowest BCUT2D eigenvalue weighted by atomic mass is 9.84. The molecule has 0 N–H and O–H groups in total. The van der Waals surface area contributed by atoms with E-state index in [0.29, 0.717) is 23.7 Å². The first kappa shape index (κ1) is 50.6. The summed E-state index contributed by atoms with van der Waals surface area (Å²) in [4.78, 5) is 0. The van der Waals surface area contributed by atoms with Crippen LogP contribution in [0.25, 0.3) is 24.3 Å². The monoisotopic (exact) mass is 831 g/mol. The maximum absolute atomic E-state index is 3.98. The van der Waals surface area contributed by atoms with Gasteiger partial charge >= 0.3 is 0 Å². The highest BCUT2D eigenvalue weighted by Gasteiger charge is 2.18. The van der Waals surface area contributed by atoms with E-state index in [9.17, 15) is 0 Å². The summed E-state index contributed by atoms with van der Waals surface area (Å²) in [6, 6.07) is 31.9. The molecule has 0 aliphatic heterocycles. The van der Waals surface area contributed by atoms with Gasteiger partial charge in [-0.3, -0.25) is 0 Å². The van der Waals surface area contributed by atoms with Gasteiger partial charge in [-0.2, -0.15) is 0 Å². The van der Waals surface area contributed by atoms with Gasteiger partial charge in [-0.1, -0.05) is 267 Å². The van der Waals surface area contributed by atoms with E-state index in [-0.39, 0.29) is 0 Å². The Morgan fingerprint density at radius 3 is 0.968 bits per heavy atom. The minimum atomic E-state index is 0.663. The number of benzene rings is 4. The molecule has 0 saturated heterocycles. The zero-order valence-corrected chi connectivity index (χ0v) is 40.8. The van der Waals surface area contributed by atoms with Gasteiger partial charge < -0.3 is 0 Å². The topological polar surface area (TPSA) is 0 Å². The molecule has 4 aromatic rings. The highest BCUT2D eigenvalue weighted by Crippen LogP contribution is 2.31. The lowest BCUT2D eigenvalue weighted by Crippen LogP contribution is -2.10. The van der Waals surface area contributed by atoms with E-state index in [1.807, 2.05) is 0 Å². The Morgan fingerprint density at radius 2 is 0.677 bits per heavy atom. The van der Waals surface area contributed by atoms with E-state index in [1.165, 1.54) is 158 Å². The summed E-state index contributed by atoms with van der Waals surface area (Å²) in [6.07, 6.45) is 34.0. The highest BCUT2D eigenvalue weighted by atomic mass is 14.2. The third kappa shape index (κ3) is 17.2. The van der Waals surface area contributed by atoms with Gasteiger partial charge in [0, 0.05) is 11.1 Å². The van der Waals surface area contributed by atoms with Crippen LogP contribution in [0.1, 0.15) is 214 Å². The Hall–Kier alpha value is -4.08. The van der Waals surface area contributed by atoms with Crippen molar-refractivity contribution in [1.82, 2.24) is 0 Å². The molecule has 0 aliphatic carbocycles. The standard InChI is InChI=1S/C62H86/c1-9-17-27-49(13-5)41-59-47-57(61(43-51(15-7)29-19-11-3)45-55(59)37-35-53-31-23-21-24-32-53)39-40-58-48-60(42-50(14-6)28-18-10-2)56(38-36-54-33-25-22-26-34-54)46-62(58)44-52(16-8)30-20-12-4/h21-26,31-38,45-52H,9-20,27-30,41-44H2,1-8H3/b37-35+,38-36+. The molecule has 0 bridgehead atoms. The van der Waals surface area contributed by atoms with Crippen LogP contribution in [-0.2, 0) is 25.7 Å². The molecule has 0 nitrogen and oxygen atoms in total. The van der Waals surface area contributed by atoms with Crippen molar-refractivity contribution >= 4 is 24.3 Å². The van der Waals surface area contributed by atoms with Crippen molar-refractivity contribution in [3.05, 3.63) is 141 Å². The average molecular weight is 831 g/mol. The lowest BCUT2D eigenvalue weighted by Gasteiger charge is -2.21. The summed E-state index contributed by atoms with van der Waals surface area (Å²) in [5.74, 6) is 10.6. The molecule has 0 aromatic heterocycles. The third-order valence-electron chi connectivity index (χ3n) is 13.8. The smallest absolute Gasteiger partial charge is 0.0284 e. The molecule has 4 atom stereocenters. The maximum atomic E-state index is 3.98. The molecule has 0 fully saturated rings. The van der Waals surface area contributed by atoms with E-state index in [4.69, 9.17) is 0 Å². The number of hydrogen-bond donors (Lipinski definition) is 0. The molecular formula is C62H86. The average Bonchev–Trinajstić information content (AvgIpc) is 3.31. The summed E-state index contributed by atoms with van der Waals surface area (Å²) in [6.45, 7) is 18.9. The van der Waals surface area contributed by atoms with Gasteiger partial charge in [-0.05, 0) is 106 Å². The normalized spacial score (nSPS) is 13.6. The van der Waals surface area contributed by atoms with Crippen LogP contribution >= 0.6 is 0 Å². The fourth-order valence-corrected chi connectivity index (χ4v) is 9.30. The van der Waals surface area contributed by atoms with Crippen LogP contribution in [0.4, 0.5) is 0 Å². The highest BCUT2D eigenvalue weighted by molar-refractivity contribution is 5.74. The summed E-state index contributed by atoms with van der Waals surface area (Å²) in [5, 5.41) is 0. The van der Waals surface area contributed by atoms with Gasteiger partial charge in [0.25, 0.3) is 0 Å². The largest absolute Gasteiger partial charge is 0.0654 e. The Morgan fingerprint density at radius 1 is 0.371 bits per heavy atom. The minimum Gasteiger partial charge on any atom is -0.0654 e. The van der Waals surface area contributed by atoms with Crippen LogP contribution < -0.4 is 0 Å². The van der Waals surface area contributed by atoms with Crippen LogP contribution in [-0.4, -0.2) is 0 Å². The summed E-state index contributed by atoms with van der Waals surface area (Å²) in [5.41, 5.74) is 13.6. The SMILES string of the molecule is CCCCC(CC)Cc1cc(/C=C/c2ccccc2)c(CC(CC)CCCC)cc1C#Cc1cc(CC(CC)CCCC)c(/C=C/c2ccccc2)cc1CC(CC)CCCC. The van der Waals surface area contributed by atoms with Crippen LogP contribution in [0, 0.1) is 35.5 Å². The van der Waals surface area contributed by atoms with Crippen molar-refractivity contribution in [2.24, 2.45) is 23.7 Å². The van der Waals surface area contributed by atoms with Crippen LogP contribution in [0.15, 0.2) is 84.9 Å². The van der Waals surface area contributed by atoms with Crippen molar-refractivity contribution in [3.63, 3.8) is 0 Å². The first-order valence-corrected chi connectivity index (χ1v) is 25.7. The Labute approximate surface area is 382 Å². The Balaban J connectivity index is 1.97. The summed E-state index contributed by atoms with van der Waals surface area (Å²) >= 11 is 0. The van der Waals surface area contributed by atoms with Gasteiger partial charge in [0.15, 0.2) is 0 Å². The van der Waals surface area contributed by atoms with Crippen molar-refractivity contribution in [2.45, 2.75) is 184 Å². The van der Waals surface area contributed by atoms with Gasteiger partial charge in [0.05, 0.1) is 0 Å². The van der Waals surface area contributed by atoms with Crippen LogP contribution in [0.5, 0.6) is 0 Å². The fraction of sp³-hybridized carbons (Fsp3) is 0.516. The van der Waals surface area contributed by atoms with E-state index in [1.54, 1.807) is 0 Å². The zero-order valence-electron chi connectivity index (χ0n) is 40.8. The van der Waals surface area contributed by atoms with Crippen LogP contribution in [0.2, 0.25) is 0 Å². The number of hydrogen-bond acceptors (Lipinski definition) is 0. The molecule has 0 amide bonds. The van der Waals surface area contributed by atoms with Crippen molar-refractivity contribution in [2.75, 3.05) is 0 Å². The Bertz CT molecular complexity index is 1810. The molecule has 334 valence electrons. The number of rotatable bonds is 28. The summed E-state index contributed by atoms with van der Waals surface area (Å²) < 4.78 is 0. The molecule has 0 radical (unpaired) electrons. The molecule has 0 heterocycles. The van der Waals surface area contributed by atoms with Gasteiger partial charge in [-0.15, -0.1) is 0 Å². The fourth-order valence-electron chi connectivity index (χ4n) is 9.30. The van der Waals surface area contributed by atoms with Crippen molar-refractivity contribution < 1.29 is 0 Å². The van der Waals surface area contributed by atoms with E-state index < -0.39 is 0 Å². The minimum absolute atomic E-state index is 0.663. The second-order valence-electron chi connectivity index (χ2n) is 18.6. The molecule has 4 aromatic carbocycles. The molecule has 4 unspecified atom stereocenters. The maximum Gasteiger partial charge on any atom is 0.0284 e. The predicted octanol–water partition coefficient (Wildman–Crippen LogP) is 18.5. The molecule has 0 spiro atoms. The molecular weight excluding hydrogens is 745 g/mol. The molecule has 4 rings (SSSR count). The van der Waals surface area contributed by atoms with E-state index in [0.717, 1.165) is 25.7 Å². The number of unbranched alkanes of at least 4 members (excludes halogenated alkanes) is 4. The predicted molar refractivity (Wildman–Crippen MR) is 278 cm³/mol. The third-order valence-corrected chi connectivity index (χ3v) is 13.8. The lowest BCUT2D eigenvalue weighted by molar-refractivity contribution is 0.446. The Kier molecular flexibility index (Phi) is 23.9. The van der Waals surface area contributed by atoms with Gasteiger partial charge in [-0.25, -0.2) is 0 Å². The van der Waals surface area contributed by atoms with E-state index in [2.05, 4.69) is 176 Å². The quantitative estimate of drug-likeness (QED) is 0.0395. The van der Waals surface area contributed by atoms with Gasteiger partial charge in [0.1, 0.15) is 0 Å². The summed E-state index contributed by atoms with van der Waals surface area (Å²) in [7, 11) is 0.